The number of carbonyl (C=O) groups is 1. The summed E-state index contributed by atoms with van der Waals surface area (Å²) < 4.78 is 11.2. The van der Waals surface area contributed by atoms with E-state index >= 15 is 0 Å². The lowest BCUT2D eigenvalue weighted by Gasteiger charge is -2.21. The Morgan fingerprint density at radius 1 is 1.36 bits per heavy atom. The third kappa shape index (κ3) is 5.48. The number of hydrogen-bond donors (Lipinski definition) is 1. The molecular weight excluding hydrogens is 304 g/mol. The van der Waals surface area contributed by atoms with Crippen LogP contribution in [0.2, 0.25) is 0 Å². The maximum atomic E-state index is 12.2. The lowest BCUT2D eigenvalue weighted by atomic mass is 10.2. The second-order valence-electron chi connectivity index (χ2n) is 5.33. The van der Waals surface area contributed by atoms with Gasteiger partial charge in [-0.25, -0.2) is 0 Å². The van der Waals surface area contributed by atoms with Gasteiger partial charge in [0.15, 0.2) is 0 Å². The minimum Gasteiger partial charge on any atom is -0.494 e. The topological polar surface area (TPSA) is 64.8 Å². The molecule has 22 heavy (non-hydrogen) atoms. The number of carbonyl (C=O) groups excluding carboxylic acids is 1. The second kappa shape index (κ2) is 9.66. The van der Waals surface area contributed by atoms with Crippen molar-refractivity contribution in [1.82, 2.24) is 4.90 Å². The molecule has 1 heterocycles. The summed E-state index contributed by atoms with van der Waals surface area (Å²) in [4.78, 5) is 13.9. The second-order valence-corrected chi connectivity index (χ2v) is 5.33. The van der Waals surface area contributed by atoms with Gasteiger partial charge in [-0.2, -0.15) is 0 Å². The number of hydrogen-bond acceptors (Lipinski definition) is 4. The van der Waals surface area contributed by atoms with Gasteiger partial charge >= 0.3 is 0 Å². The lowest BCUT2D eigenvalue weighted by Crippen LogP contribution is -2.38. The van der Waals surface area contributed by atoms with Crippen LogP contribution < -0.4 is 10.5 Å². The highest BCUT2D eigenvalue weighted by Gasteiger charge is 2.31. The Labute approximate surface area is 138 Å². The van der Waals surface area contributed by atoms with Gasteiger partial charge in [0.05, 0.1) is 12.7 Å². The first-order chi connectivity index (χ1) is 10.2. The number of likely N-dealkylation sites (N-methyl/N-ethyl adjacent to an activating group) is 1. The highest BCUT2D eigenvalue weighted by Crippen LogP contribution is 2.20. The molecule has 2 N–H and O–H groups in total. The minimum atomic E-state index is -0.321. The number of ether oxygens (including phenoxy) is 2. The Hall–Kier alpha value is -1.30. The quantitative estimate of drug-likeness (QED) is 0.776. The van der Waals surface area contributed by atoms with Gasteiger partial charge in [-0.3, -0.25) is 4.79 Å². The van der Waals surface area contributed by atoms with Crippen LogP contribution in [0.25, 0.3) is 0 Å². The zero-order chi connectivity index (χ0) is 15.1. The van der Waals surface area contributed by atoms with E-state index in [2.05, 4.69) is 0 Å². The molecular formula is C16H25ClN2O3. The van der Waals surface area contributed by atoms with Gasteiger partial charge in [0.25, 0.3) is 5.91 Å². The van der Waals surface area contributed by atoms with E-state index in [0.29, 0.717) is 19.7 Å². The van der Waals surface area contributed by atoms with Crippen LogP contribution in [0, 0.1) is 0 Å². The first-order valence-electron chi connectivity index (χ1n) is 7.49. The molecule has 1 amide bonds. The molecule has 0 spiro atoms. The molecule has 2 atom stereocenters. The van der Waals surface area contributed by atoms with E-state index in [9.17, 15) is 4.79 Å². The fourth-order valence-electron chi connectivity index (χ4n) is 2.43. The number of nitrogens with two attached hydrogens (primary N) is 1. The van der Waals surface area contributed by atoms with Crippen molar-refractivity contribution in [3.05, 3.63) is 30.3 Å². The Morgan fingerprint density at radius 3 is 2.73 bits per heavy atom. The van der Waals surface area contributed by atoms with Gasteiger partial charge in [0.2, 0.25) is 0 Å². The van der Waals surface area contributed by atoms with Crippen molar-refractivity contribution >= 4 is 18.3 Å². The third-order valence-corrected chi connectivity index (χ3v) is 3.67. The summed E-state index contributed by atoms with van der Waals surface area (Å²) in [5.41, 5.74) is 5.56. The van der Waals surface area contributed by atoms with Crippen molar-refractivity contribution in [2.75, 3.05) is 26.7 Å². The smallest absolute Gasteiger partial charge is 0.251 e. The van der Waals surface area contributed by atoms with E-state index in [-0.39, 0.29) is 30.5 Å². The van der Waals surface area contributed by atoms with Gasteiger partial charge < -0.3 is 20.1 Å². The zero-order valence-corrected chi connectivity index (χ0v) is 13.8. The summed E-state index contributed by atoms with van der Waals surface area (Å²) in [6.07, 6.45) is 2.15. The van der Waals surface area contributed by atoms with Crippen molar-refractivity contribution in [2.45, 2.75) is 31.5 Å². The maximum Gasteiger partial charge on any atom is 0.251 e. The minimum absolute atomic E-state index is 0. The van der Waals surface area contributed by atoms with E-state index in [4.69, 9.17) is 15.2 Å². The molecule has 0 aromatic heterocycles. The highest BCUT2D eigenvalue weighted by atomic mass is 35.5. The Morgan fingerprint density at radius 2 is 2.09 bits per heavy atom. The van der Waals surface area contributed by atoms with Crippen molar-refractivity contribution in [3.8, 4) is 5.75 Å². The number of nitrogens with zero attached hydrogens (tertiary/aromatic N) is 1. The summed E-state index contributed by atoms with van der Waals surface area (Å²) >= 11 is 0. The molecule has 0 unspecified atom stereocenters. The fraction of sp³-hybridized carbons (Fsp3) is 0.562. The molecule has 2 rings (SSSR count). The first kappa shape index (κ1) is 18.7. The fourth-order valence-corrected chi connectivity index (χ4v) is 2.43. The SMILES string of the molecule is CN(CCCOc1ccccc1)C(=O)[C@@H]1CC[C@H](CN)O1.Cl. The standard InChI is InChI=1S/C16H24N2O3.ClH/c1-18(16(19)15-9-8-14(12-17)21-15)10-5-11-20-13-6-3-2-4-7-13;/h2-4,6-7,14-15H,5,8-12,17H2,1H3;1H/t14-,15+;/m1./s1. The number of benzene rings is 1. The number of halogens is 1. The average Bonchev–Trinajstić information content (AvgIpc) is 3.00. The summed E-state index contributed by atoms with van der Waals surface area (Å²) in [6, 6.07) is 9.68. The summed E-state index contributed by atoms with van der Waals surface area (Å²) in [6.45, 7) is 1.75. The summed E-state index contributed by atoms with van der Waals surface area (Å²) in [7, 11) is 1.81. The third-order valence-electron chi connectivity index (χ3n) is 3.67. The first-order valence-corrected chi connectivity index (χ1v) is 7.49. The van der Waals surface area contributed by atoms with Gasteiger partial charge in [0.1, 0.15) is 11.9 Å². The molecule has 124 valence electrons. The van der Waals surface area contributed by atoms with E-state index in [1.807, 2.05) is 37.4 Å². The van der Waals surface area contributed by atoms with Crippen LogP contribution in [0.4, 0.5) is 0 Å². The molecule has 1 fully saturated rings. The monoisotopic (exact) mass is 328 g/mol. The molecule has 0 radical (unpaired) electrons. The van der Waals surface area contributed by atoms with Crippen molar-refractivity contribution < 1.29 is 14.3 Å². The lowest BCUT2D eigenvalue weighted by molar-refractivity contribution is -0.141. The Balaban J connectivity index is 0.00000242. The molecule has 0 saturated carbocycles. The maximum absolute atomic E-state index is 12.2. The molecule has 5 nitrogen and oxygen atoms in total. The van der Waals surface area contributed by atoms with E-state index in [1.165, 1.54) is 0 Å². The van der Waals surface area contributed by atoms with Crippen LogP contribution >= 0.6 is 12.4 Å². The number of para-hydroxylation sites is 1. The Kier molecular flexibility index (Phi) is 8.24. The van der Waals surface area contributed by atoms with Gasteiger partial charge in [-0.05, 0) is 31.4 Å². The number of amides is 1. The van der Waals surface area contributed by atoms with E-state index < -0.39 is 0 Å². The molecule has 1 aliphatic rings. The van der Waals surface area contributed by atoms with Crippen molar-refractivity contribution in [3.63, 3.8) is 0 Å². The molecule has 1 aliphatic heterocycles. The van der Waals surface area contributed by atoms with Crippen molar-refractivity contribution in [2.24, 2.45) is 5.73 Å². The molecule has 0 bridgehead atoms. The number of rotatable bonds is 7. The van der Waals surface area contributed by atoms with Crippen LogP contribution in [-0.2, 0) is 9.53 Å². The summed E-state index contributed by atoms with van der Waals surface area (Å²) in [5.74, 6) is 0.905. The van der Waals surface area contributed by atoms with Crippen LogP contribution in [0.3, 0.4) is 0 Å². The van der Waals surface area contributed by atoms with E-state index in [0.717, 1.165) is 25.0 Å². The zero-order valence-electron chi connectivity index (χ0n) is 12.9. The van der Waals surface area contributed by atoms with Gasteiger partial charge in [0, 0.05) is 20.1 Å². The van der Waals surface area contributed by atoms with Crippen LogP contribution in [0.5, 0.6) is 5.75 Å². The summed E-state index contributed by atoms with van der Waals surface area (Å²) in [5, 5.41) is 0. The average molecular weight is 329 g/mol. The Bertz CT molecular complexity index is 444. The van der Waals surface area contributed by atoms with Crippen molar-refractivity contribution in [1.29, 1.82) is 0 Å². The van der Waals surface area contributed by atoms with Crippen LogP contribution in [0.15, 0.2) is 30.3 Å². The molecule has 6 heteroatoms. The highest BCUT2D eigenvalue weighted by molar-refractivity contribution is 5.85. The van der Waals surface area contributed by atoms with Crippen LogP contribution in [-0.4, -0.2) is 49.8 Å². The molecule has 1 aromatic rings. The molecule has 1 aromatic carbocycles. The predicted octanol–water partition coefficient (Wildman–Crippen LogP) is 1.84. The molecule has 1 saturated heterocycles. The normalized spacial score (nSPS) is 20.3. The van der Waals surface area contributed by atoms with Gasteiger partial charge in [-0.1, -0.05) is 18.2 Å². The molecule has 0 aliphatic carbocycles. The predicted molar refractivity (Wildman–Crippen MR) is 88.4 cm³/mol. The van der Waals surface area contributed by atoms with Crippen LogP contribution in [0.1, 0.15) is 19.3 Å². The van der Waals surface area contributed by atoms with E-state index in [1.54, 1.807) is 4.90 Å². The largest absolute Gasteiger partial charge is 0.494 e. The van der Waals surface area contributed by atoms with Gasteiger partial charge in [-0.15, -0.1) is 12.4 Å².